The van der Waals surface area contributed by atoms with Crippen LogP contribution >= 0.6 is 0 Å². The molecule has 19 heavy (non-hydrogen) atoms. The summed E-state index contributed by atoms with van der Waals surface area (Å²) in [5.41, 5.74) is 5.78. The van der Waals surface area contributed by atoms with Gasteiger partial charge in [0.05, 0.1) is 4.90 Å². The Labute approximate surface area is 110 Å². The molecule has 3 N–H and O–H groups in total. The molecule has 0 atom stereocenters. The zero-order valence-electron chi connectivity index (χ0n) is 9.78. The third-order valence-electron chi connectivity index (χ3n) is 2.30. The number of benzene rings is 1. The molecule has 0 aliphatic heterocycles. The number of hydrogen-bond donors (Lipinski definition) is 2. The molecular formula is C12H11N3O3S. The molecule has 1 amide bonds. The summed E-state index contributed by atoms with van der Waals surface area (Å²) < 4.78 is 25.8. The summed E-state index contributed by atoms with van der Waals surface area (Å²) in [6.45, 7) is 0. The highest BCUT2D eigenvalue weighted by Crippen LogP contribution is 2.09. The smallest absolute Gasteiger partial charge is 0.283 e. The number of carbonyl (C=O) groups excluding carboxylic acids is 1. The minimum Gasteiger partial charge on any atom is -0.399 e. The van der Waals surface area contributed by atoms with Crippen molar-refractivity contribution in [2.75, 3.05) is 5.73 Å². The lowest BCUT2D eigenvalue weighted by Gasteiger charge is -2.06. The van der Waals surface area contributed by atoms with Crippen molar-refractivity contribution in [3.63, 3.8) is 0 Å². The monoisotopic (exact) mass is 277 g/mol. The van der Waals surface area contributed by atoms with Crippen molar-refractivity contribution >= 4 is 21.6 Å². The maximum absolute atomic E-state index is 11.9. The Morgan fingerprint density at radius 2 is 1.84 bits per heavy atom. The van der Waals surface area contributed by atoms with E-state index in [0.29, 0.717) is 5.69 Å². The first kappa shape index (κ1) is 13.0. The summed E-state index contributed by atoms with van der Waals surface area (Å²) in [6.07, 6.45) is 1.33. The van der Waals surface area contributed by atoms with Gasteiger partial charge in [-0.3, -0.25) is 9.78 Å². The van der Waals surface area contributed by atoms with Crippen LogP contribution in [0.15, 0.2) is 53.6 Å². The highest BCUT2D eigenvalue weighted by molar-refractivity contribution is 7.90. The predicted molar refractivity (Wildman–Crippen MR) is 69.7 cm³/mol. The van der Waals surface area contributed by atoms with E-state index in [4.69, 9.17) is 5.73 Å². The lowest BCUT2D eigenvalue weighted by molar-refractivity contribution is 0.0976. The summed E-state index contributed by atoms with van der Waals surface area (Å²) >= 11 is 0. The Hall–Kier alpha value is -2.41. The molecule has 0 bridgehead atoms. The molecule has 2 aromatic rings. The van der Waals surface area contributed by atoms with Crippen molar-refractivity contribution < 1.29 is 13.2 Å². The number of amides is 1. The van der Waals surface area contributed by atoms with Gasteiger partial charge in [-0.2, -0.15) is 0 Å². The number of nitrogens with two attached hydrogens (primary N) is 1. The Morgan fingerprint density at radius 1 is 1.16 bits per heavy atom. The topological polar surface area (TPSA) is 102 Å². The molecule has 98 valence electrons. The van der Waals surface area contributed by atoms with Crippen molar-refractivity contribution in [1.82, 2.24) is 9.71 Å². The first-order valence-corrected chi connectivity index (χ1v) is 6.81. The van der Waals surface area contributed by atoms with Crippen LogP contribution < -0.4 is 10.5 Å². The third-order valence-corrected chi connectivity index (χ3v) is 3.64. The lowest BCUT2D eigenvalue weighted by atomic mass is 10.3. The number of nitrogens with one attached hydrogen (secondary N) is 1. The van der Waals surface area contributed by atoms with Crippen molar-refractivity contribution in [2.24, 2.45) is 0 Å². The maximum atomic E-state index is 11.9. The fraction of sp³-hybridized carbons (Fsp3) is 0. The van der Waals surface area contributed by atoms with Crippen molar-refractivity contribution in [3.8, 4) is 0 Å². The molecule has 1 heterocycles. The summed E-state index contributed by atoms with van der Waals surface area (Å²) in [5.74, 6) is -0.823. The van der Waals surface area contributed by atoms with Crippen LogP contribution in [-0.2, 0) is 10.0 Å². The average Bonchev–Trinajstić information content (AvgIpc) is 2.39. The SMILES string of the molecule is Nc1ccnc(C(=O)NS(=O)(=O)c2ccccc2)c1. The lowest BCUT2D eigenvalue weighted by Crippen LogP contribution is -2.31. The number of nitrogen functional groups attached to an aromatic ring is 1. The van der Waals surface area contributed by atoms with Gasteiger partial charge < -0.3 is 5.73 Å². The number of carbonyl (C=O) groups is 1. The van der Waals surface area contributed by atoms with E-state index in [-0.39, 0.29) is 10.6 Å². The number of nitrogens with zero attached hydrogens (tertiary/aromatic N) is 1. The van der Waals surface area contributed by atoms with Gasteiger partial charge in [-0.15, -0.1) is 0 Å². The zero-order valence-corrected chi connectivity index (χ0v) is 10.6. The Bertz CT molecular complexity index is 699. The van der Waals surface area contributed by atoms with E-state index >= 15 is 0 Å². The summed E-state index contributed by atoms with van der Waals surface area (Å²) in [7, 11) is -3.90. The van der Waals surface area contributed by atoms with Crippen LogP contribution in [0.2, 0.25) is 0 Å². The van der Waals surface area contributed by atoms with Crippen molar-refractivity contribution in [3.05, 3.63) is 54.4 Å². The highest BCUT2D eigenvalue weighted by Gasteiger charge is 2.19. The number of pyridine rings is 1. The summed E-state index contributed by atoms with van der Waals surface area (Å²) in [5, 5.41) is 0. The Morgan fingerprint density at radius 3 is 2.47 bits per heavy atom. The second-order valence-electron chi connectivity index (χ2n) is 3.72. The standard InChI is InChI=1S/C12H11N3O3S/c13-9-6-7-14-11(8-9)12(16)15-19(17,18)10-4-2-1-3-5-10/h1-8H,(H2,13,14)(H,15,16). The molecule has 1 aromatic carbocycles. The molecule has 0 unspecified atom stereocenters. The van der Waals surface area contributed by atoms with Gasteiger partial charge in [-0.25, -0.2) is 13.1 Å². The quantitative estimate of drug-likeness (QED) is 0.863. The molecule has 0 spiro atoms. The maximum Gasteiger partial charge on any atom is 0.283 e. The minimum atomic E-state index is -3.90. The molecule has 6 nitrogen and oxygen atoms in total. The molecule has 0 fully saturated rings. The molecule has 0 saturated carbocycles. The molecule has 2 rings (SSSR count). The summed E-state index contributed by atoms with van der Waals surface area (Å²) in [4.78, 5) is 15.5. The van der Waals surface area contributed by atoms with Crippen LogP contribution in [0.5, 0.6) is 0 Å². The molecule has 0 aliphatic carbocycles. The van der Waals surface area contributed by atoms with E-state index in [2.05, 4.69) is 4.98 Å². The number of aromatic nitrogens is 1. The van der Waals surface area contributed by atoms with Crippen molar-refractivity contribution in [2.45, 2.75) is 4.90 Å². The van der Waals surface area contributed by atoms with Gasteiger partial charge in [-0.05, 0) is 24.3 Å². The Balaban J connectivity index is 2.24. The highest BCUT2D eigenvalue weighted by atomic mass is 32.2. The van der Waals surface area contributed by atoms with E-state index in [9.17, 15) is 13.2 Å². The van der Waals surface area contributed by atoms with E-state index in [1.165, 1.54) is 30.5 Å². The average molecular weight is 277 g/mol. The van der Waals surface area contributed by atoms with Gasteiger partial charge in [-0.1, -0.05) is 18.2 Å². The molecule has 0 radical (unpaired) electrons. The van der Waals surface area contributed by atoms with E-state index < -0.39 is 15.9 Å². The fourth-order valence-electron chi connectivity index (χ4n) is 1.40. The second kappa shape index (κ2) is 5.07. The largest absolute Gasteiger partial charge is 0.399 e. The van der Waals surface area contributed by atoms with Gasteiger partial charge >= 0.3 is 0 Å². The van der Waals surface area contributed by atoms with Gasteiger partial charge in [0.15, 0.2) is 0 Å². The molecular weight excluding hydrogens is 266 g/mol. The van der Waals surface area contributed by atoms with Crippen LogP contribution in [-0.4, -0.2) is 19.3 Å². The Kier molecular flexibility index (Phi) is 3.48. The first-order valence-electron chi connectivity index (χ1n) is 5.33. The number of rotatable bonds is 3. The molecule has 7 heteroatoms. The first-order chi connectivity index (χ1) is 8.99. The van der Waals surface area contributed by atoms with Crippen LogP contribution in [0.1, 0.15) is 10.5 Å². The van der Waals surface area contributed by atoms with E-state index in [1.54, 1.807) is 18.2 Å². The second-order valence-corrected chi connectivity index (χ2v) is 5.40. The number of hydrogen-bond acceptors (Lipinski definition) is 5. The van der Waals surface area contributed by atoms with Crippen LogP contribution in [0, 0.1) is 0 Å². The minimum absolute atomic E-state index is 0.00672. The van der Waals surface area contributed by atoms with Crippen molar-refractivity contribution in [1.29, 1.82) is 0 Å². The van der Waals surface area contributed by atoms with Gasteiger partial charge in [0.25, 0.3) is 15.9 Å². The normalized spacial score (nSPS) is 10.9. The number of anilines is 1. The van der Waals surface area contributed by atoms with Gasteiger partial charge in [0.1, 0.15) is 5.69 Å². The predicted octanol–water partition coefficient (Wildman–Crippen LogP) is 0.782. The fourth-order valence-corrected chi connectivity index (χ4v) is 2.39. The van der Waals surface area contributed by atoms with E-state index in [0.717, 1.165) is 0 Å². The van der Waals surface area contributed by atoms with Crippen LogP contribution in [0.25, 0.3) is 0 Å². The van der Waals surface area contributed by atoms with Gasteiger partial charge in [0, 0.05) is 11.9 Å². The third kappa shape index (κ3) is 3.08. The zero-order chi connectivity index (χ0) is 13.9. The summed E-state index contributed by atoms with van der Waals surface area (Å²) in [6, 6.07) is 10.4. The molecule has 0 saturated heterocycles. The van der Waals surface area contributed by atoms with Gasteiger partial charge in [0.2, 0.25) is 0 Å². The van der Waals surface area contributed by atoms with E-state index in [1.807, 2.05) is 4.72 Å². The molecule has 1 aromatic heterocycles. The van der Waals surface area contributed by atoms with Crippen LogP contribution in [0.4, 0.5) is 5.69 Å². The van der Waals surface area contributed by atoms with Crippen LogP contribution in [0.3, 0.4) is 0 Å². The number of sulfonamides is 1. The molecule has 0 aliphatic rings.